The van der Waals surface area contributed by atoms with E-state index in [1.807, 2.05) is 0 Å². The van der Waals surface area contributed by atoms with E-state index in [-0.39, 0.29) is 24.2 Å². The smallest absolute Gasteiger partial charge is 0.235 e. The predicted octanol–water partition coefficient (Wildman–Crippen LogP) is -0.449. The Hall–Kier alpha value is -3.96. The van der Waals surface area contributed by atoms with Gasteiger partial charge in [0.05, 0.1) is 23.7 Å². The number of Topliss-reactive ketones (excluding diaryl/α,β-unsaturated/α-hetero) is 4. The fourth-order valence-corrected chi connectivity index (χ4v) is 6.28. The summed E-state index contributed by atoms with van der Waals surface area (Å²) in [6.45, 7) is 0. The van der Waals surface area contributed by atoms with Gasteiger partial charge in [0, 0.05) is 18.3 Å². The fourth-order valence-electron chi connectivity index (χ4n) is 6.28. The van der Waals surface area contributed by atoms with E-state index in [9.17, 15) is 34.2 Å². The number of nitrogens with two attached hydrogens (primary N) is 1. The van der Waals surface area contributed by atoms with Crippen molar-refractivity contribution < 1.29 is 34.2 Å². The first kappa shape index (κ1) is 24.7. The van der Waals surface area contributed by atoms with Gasteiger partial charge in [0.25, 0.3) is 0 Å². The quantitative estimate of drug-likeness (QED) is 0.369. The van der Waals surface area contributed by atoms with E-state index in [4.69, 9.17) is 5.73 Å². The molecule has 0 bridgehead atoms. The van der Waals surface area contributed by atoms with E-state index in [1.165, 1.54) is 11.0 Å². The topological polar surface area (TPSA) is 172 Å². The number of carbonyl (C=O) groups is 5. The Morgan fingerprint density at radius 2 is 1.84 bits per heavy atom. The van der Waals surface area contributed by atoms with Gasteiger partial charge < -0.3 is 15.9 Å². The number of phenolic OH excluding ortho intramolecular Hbond substituents is 1. The van der Waals surface area contributed by atoms with Crippen LogP contribution in [0.2, 0.25) is 0 Å². The first-order chi connectivity index (χ1) is 17.5. The highest BCUT2D eigenvalue weighted by Crippen LogP contribution is 2.50. The minimum Gasteiger partial charge on any atom is -0.507 e. The summed E-state index contributed by atoms with van der Waals surface area (Å²) in [7, 11) is 3.09. The summed E-state index contributed by atoms with van der Waals surface area (Å²) in [5.41, 5.74) is 3.58. The summed E-state index contributed by atoms with van der Waals surface area (Å²) in [6, 6.07) is 5.39. The van der Waals surface area contributed by atoms with E-state index in [0.29, 0.717) is 11.1 Å². The third-order valence-corrected chi connectivity index (χ3v) is 7.90. The van der Waals surface area contributed by atoms with Gasteiger partial charge in [0.15, 0.2) is 34.7 Å². The number of ketones is 4. The van der Waals surface area contributed by atoms with Gasteiger partial charge in [0.1, 0.15) is 5.75 Å². The lowest BCUT2D eigenvalue weighted by atomic mass is 9.52. The van der Waals surface area contributed by atoms with Gasteiger partial charge in [-0.2, -0.15) is 5.10 Å². The van der Waals surface area contributed by atoms with Crippen molar-refractivity contribution in [3.8, 4) is 5.75 Å². The number of likely N-dealkylation sites (N-methyl/N-ethyl adjacent to an activating group) is 1. The number of amides is 1. The molecular weight excluding hydrogens is 480 g/mol. The molecule has 2 saturated carbocycles. The summed E-state index contributed by atoms with van der Waals surface area (Å²) in [5.74, 6) is -10.7. The molecule has 2 fully saturated rings. The molecule has 0 aliphatic heterocycles. The Balaban J connectivity index is 1.61. The van der Waals surface area contributed by atoms with Crippen LogP contribution in [0, 0.1) is 23.7 Å². The summed E-state index contributed by atoms with van der Waals surface area (Å²) in [5, 5.41) is 26.5. The highest BCUT2D eigenvalue weighted by atomic mass is 16.3. The summed E-state index contributed by atoms with van der Waals surface area (Å²) < 4.78 is 1.56. The van der Waals surface area contributed by atoms with Gasteiger partial charge in [-0.05, 0) is 68.2 Å². The van der Waals surface area contributed by atoms with E-state index in [1.54, 1.807) is 55.6 Å². The molecule has 2 aromatic rings. The average Bonchev–Trinajstić information content (AvgIpc) is 3.34. The van der Waals surface area contributed by atoms with Crippen molar-refractivity contribution in [2.45, 2.75) is 24.5 Å². The second kappa shape index (κ2) is 8.56. The van der Waals surface area contributed by atoms with Crippen LogP contribution >= 0.6 is 0 Å². The molecule has 3 aliphatic rings. The van der Waals surface area contributed by atoms with Crippen molar-refractivity contribution >= 4 is 35.3 Å². The Morgan fingerprint density at radius 1 is 1.16 bits per heavy atom. The van der Waals surface area contributed by atoms with Gasteiger partial charge >= 0.3 is 0 Å². The zero-order chi connectivity index (χ0) is 26.8. The van der Waals surface area contributed by atoms with Crippen LogP contribution in [0.25, 0.3) is 0 Å². The van der Waals surface area contributed by atoms with E-state index >= 15 is 0 Å². The minimum absolute atomic E-state index is 0.00622. The van der Waals surface area contributed by atoms with E-state index in [0.717, 1.165) is 0 Å². The third kappa shape index (κ3) is 3.49. The number of primary amides is 1. The summed E-state index contributed by atoms with van der Waals surface area (Å²) in [6.07, 6.45) is 5.16. The molecule has 4 N–H and O–H groups in total. The number of nitrogens with zero attached hydrogens (tertiary/aromatic N) is 3. The normalized spacial score (nSPS) is 31.4. The Labute approximate surface area is 211 Å². The van der Waals surface area contributed by atoms with Crippen LogP contribution in [0.1, 0.15) is 27.9 Å². The number of aromatic nitrogens is 1. The number of aromatic hydroxyl groups is 1. The van der Waals surface area contributed by atoms with Crippen LogP contribution in [-0.2, 0) is 25.6 Å². The number of benzene rings is 1. The van der Waals surface area contributed by atoms with Crippen LogP contribution in [-0.4, -0.2) is 80.8 Å². The van der Waals surface area contributed by atoms with Crippen molar-refractivity contribution in [1.82, 2.24) is 9.58 Å². The van der Waals surface area contributed by atoms with Crippen molar-refractivity contribution in [1.29, 1.82) is 0 Å². The van der Waals surface area contributed by atoms with Crippen molar-refractivity contribution in [3.63, 3.8) is 0 Å². The Bertz CT molecular complexity index is 1380. The average molecular weight is 507 g/mol. The van der Waals surface area contributed by atoms with Crippen LogP contribution in [0.4, 0.5) is 0 Å². The van der Waals surface area contributed by atoms with Crippen LogP contribution in [0.15, 0.2) is 41.8 Å². The predicted molar refractivity (Wildman–Crippen MR) is 129 cm³/mol. The maximum Gasteiger partial charge on any atom is 0.235 e. The molecule has 1 aromatic carbocycles. The Morgan fingerprint density at radius 3 is 2.46 bits per heavy atom. The number of rotatable bonds is 4. The second-order valence-electron chi connectivity index (χ2n) is 10.1. The number of fused-ring (bicyclic) bond motifs is 3. The number of hydrogen-bond donors (Lipinski definition) is 3. The maximum absolute atomic E-state index is 13.8. The van der Waals surface area contributed by atoms with Crippen LogP contribution in [0.5, 0.6) is 5.75 Å². The monoisotopic (exact) mass is 506 g/mol. The zero-order valence-corrected chi connectivity index (χ0v) is 20.2. The number of carbonyl (C=O) groups excluding carboxylic acids is 5. The molecule has 11 heteroatoms. The first-order valence-corrected chi connectivity index (χ1v) is 11.8. The van der Waals surface area contributed by atoms with Crippen molar-refractivity contribution in [2.75, 3.05) is 14.1 Å². The maximum atomic E-state index is 13.8. The van der Waals surface area contributed by atoms with E-state index in [2.05, 4.69) is 5.10 Å². The molecule has 2 unspecified atom stereocenters. The van der Waals surface area contributed by atoms with Crippen molar-refractivity contribution in [2.24, 2.45) is 34.5 Å². The molecule has 0 spiro atoms. The SMILES string of the molecule is CN(C)[C@@H]1C(=O)C(C(N)=O)C(=O)[C@@]2(O)C(=O)C3C(=O)c4c(O)ccc(/C=N\n5cccc5)c4C[C@H]3C[C@@H]12. The summed E-state index contributed by atoms with van der Waals surface area (Å²) >= 11 is 0. The number of aliphatic hydroxyl groups is 1. The lowest BCUT2D eigenvalue weighted by Crippen LogP contribution is -2.74. The Kier molecular flexibility index (Phi) is 5.72. The second-order valence-corrected chi connectivity index (χ2v) is 10.1. The minimum atomic E-state index is -2.74. The van der Waals surface area contributed by atoms with Gasteiger partial charge in [-0.25, -0.2) is 4.68 Å². The molecule has 6 atom stereocenters. The molecule has 1 amide bonds. The third-order valence-electron chi connectivity index (χ3n) is 7.90. The first-order valence-electron chi connectivity index (χ1n) is 11.8. The van der Waals surface area contributed by atoms with Crippen LogP contribution < -0.4 is 5.73 Å². The molecular formula is C26H26N4O7. The van der Waals surface area contributed by atoms with Gasteiger partial charge in [-0.3, -0.25) is 28.9 Å². The zero-order valence-electron chi connectivity index (χ0n) is 20.2. The molecule has 5 rings (SSSR count). The molecule has 3 aliphatic carbocycles. The van der Waals surface area contributed by atoms with Gasteiger partial charge in [0.2, 0.25) is 5.91 Å². The molecule has 192 valence electrons. The summed E-state index contributed by atoms with van der Waals surface area (Å²) in [4.78, 5) is 67.3. The standard InChI is InChI=1S/C26H26N4O7/c1-29(2)20-15-10-13-9-14-12(11-28-30-7-3-4-8-30)5-6-16(31)18(14)21(32)17(13)23(34)26(15,37)24(35)19(22(20)33)25(27)36/h3-8,11,13,15,17,19-20,31,37H,9-10H2,1-2H3,(H2,27,36)/b28-11-/t13-,15-,17?,19?,20-,26-/m0/s1. The van der Waals surface area contributed by atoms with Gasteiger partial charge in [-0.15, -0.1) is 0 Å². The lowest BCUT2D eigenvalue weighted by Gasteiger charge is -2.52. The van der Waals surface area contributed by atoms with E-state index < -0.39 is 64.4 Å². The molecule has 1 aromatic heterocycles. The molecule has 1 heterocycles. The van der Waals surface area contributed by atoms with Crippen molar-refractivity contribution in [3.05, 3.63) is 53.3 Å². The lowest BCUT2D eigenvalue weighted by molar-refractivity contribution is -0.181. The molecule has 37 heavy (non-hydrogen) atoms. The number of phenols is 1. The highest BCUT2D eigenvalue weighted by Gasteiger charge is 2.69. The largest absolute Gasteiger partial charge is 0.507 e. The number of hydrogen-bond acceptors (Lipinski definition) is 9. The van der Waals surface area contributed by atoms with Crippen LogP contribution in [0.3, 0.4) is 0 Å². The van der Waals surface area contributed by atoms with Gasteiger partial charge in [-0.1, -0.05) is 0 Å². The fraction of sp³-hybridized carbons (Fsp3) is 0.385. The highest BCUT2D eigenvalue weighted by molar-refractivity contribution is 6.32. The molecule has 0 saturated heterocycles. The molecule has 11 nitrogen and oxygen atoms in total. The molecule has 0 radical (unpaired) electrons.